The Morgan fingerprint density at radius 2 is 1.95 bits per heavy atom. The molecular weight excluding hydrogens is 300 g/mol. The van der Waals surface area contributed by atoms with Crippen molar-refractivity contribution in [3.63, 3.8) is 0 Å². The first-order valence-corrected chi connectivity index (χ1v) is 8.56. The molecule has 5 heteroatoms. The number of hydrogen-bond donors (Lipinski definition) is 1. The van der Waals surface area contributed by atoms with Gasteiger partial charge in [-0.25, -0.2) is 0 Å². The van der Waals surface area contributed by atoms with Gasteiger partial charge in [-0.05, 0) is 37.6 Å². The molecule has 1 aromatic rings. The number of aliphatic hydroxyl groups excluding tert-OH is 1. The van der Waals surface area contributed by atoms with E-state index in [2.05, 4.69) is 16.7 Å². The van der Waals surface area contributed by atoms with Crippen LogP contribution in [0.5, 0.6) is 5.75 Å². The summed E-state index contributed by atoms with van der Waals surface area (Å²) < 4.78 is 5.48. The maximum Gasteiger partial charge on any atom is 0.137 e. The molecule has 1 N–H and O–H groups in total. The van der Waals surface area contributed by atoms with Crippen molar-refractivity contribution in [1.82, 2.24) is 9.80 Å². The van der Waals surface area contributed by atoms with Crippen LogP contribution in [0.2, 0.25) is 5.02 Å². The second-order valence-corrected chi connectivity index (χ2v) is 6.11. The lowest BCUT2D eigenvalue weighted by Gasteiger charge is -2.38. The Bertz CT molecular complexity index is 462. The topological polar surface area (TPSA) is 35.9 Å². The SMILES string of the molecule is CCCN1CCN(C(CO)c2ccc(OCC)c(Cl)c2)CC1. The van der Waals surface area contributed by atoms with Crippen LogP contribution in [0.3, 0.4) is 0 Å². The molecule has 0 aliphatic carbocycles. The van der Waals surface area contributed by atoms with Crippen molar-refractivity contribution in [3.8, 4) is 5.75 Å². The van der Waals surface area contributed by atoms with E-state index in [9.17, 15) is 5.11 Å². The summed E-state index contributed by atoms with van der Waals surface area (Å²) in [5, 5.41) is 10.4. The number of aliphatic hydroxyl groups is 1. The number of halogens is 1. The second kappa shape index (κ2) is 8.73. The van der Waals surface area contributed by atoms with Crippen LogP contribution < -0.4 is 4.74 Å². The molecular formula is C17H27ClN2O2. The first-order chi connectivity index (χ1) is 10.7. The van der Waals surface area contributed by atoms with E-state index in [0.29, 0.717) is 17.4 Å². The van der Waals surface area contributed by atoms with Crippen molar-refractivity contribution in [3.05, 3.63) is 28.8 Å². The van der Waals surface area contributed by atoms with Crippen LogP contribution in [0, 0.1) is 0 Å². The van der Waals surface area contributed by atoms with Gasteiger partial charge < -0.3 is 14.7 Å². The Kier molecular flexibility index (Phi) is 6.96. The number of rotatable bonds is 7. The van der Waals surface area contributed by atoms with Crippen molar-refractivity contribution in [2.75, 3.05) is 45.9 Å². The van der Waals surface area contributed by atoms with Crippen molar-refractivity contribution in [2.24, 2.45) is 0 Å². The first kappa shape index (κ1) is 17.5. The van der Waals surface area contributed by atoms with Crippen LogP contribution in [0.1, 0.15) is 31.9 Å². The zero-order chi connectivity index (χ0) is 15.9. The lowest BCUT2D eigenvalue weighted by molar-refractivity contribution is 0.0651. The molecule has 1 heterocycles. The van der Waals surface area contributed by atoms with Crippen LogP contribution in [0.4, 0.5) is 0 Å². The molecule has 124 valence electrons. The van der Waals surface area contributed by atoms with E-state index < -0.39 is 0 Å². The monoisotopic (exact) mass is 326 g/mol. The lowest BCUT2D eigenvalue weighted by Crippen LogP contribution is -2.48. The highest BCUT2D eigenvalue weighted by molar-refractivity contribution is 6.32. The molecule has 0 saturated carbocycles. The maximum absolute atomic E-state index is 9.83. The van der Waals surface area contributed by atoms with Gasteiger partial charge in [0.05, 0.1) is 24.3 Å². The van der Waals surface area contributed by atoms with Gasteiger partial charge in [-0.1, -0.05) is 24.6 Å². The van der Waals surface area contributed by atoms with Gasteiger partial charge in [0.15, 0.2) is 0 Å². The molecule has 22 heavy (non-hydrogen) atoms. The van der Waals surface area contributed by atoms with Gasteiger partial charge in [-0.3, -0.25) is 4.90 Å². The minimum Gasteiger partial charge on any atom is -0.492 e. The molecule has 1 saturated heterocycles. The lowest BCUT2D eigenvalue weighted by atomic mass is 10.0. The van der Waals surface area contributed by atoms with Gasteiger partial charge in [0, 0.05) is 26.2 Å². The Morgan fingerprint density at radius 1 is 1.23 bits per heavy atom. The van der Waals surface area contributed by atoms with E-state index in [-0.39, 0.29) is 12.6 Å². The molecule has 0 spiro atoms. The Labute approximate surface area is 138 Å². The fraction of sp³-hybridized carbons (Fsp3) is 0.647. The van der Waals surface area contributed by atoms with Crippen molar-refractivity contribution >= 4 is 11.6 Å². The molecule has 1 unspecified atom stereocenters. The Morgan fingerprint density at radius 3 is 2.50 bits per heavy atom. The quantitative estimate of drug-likeness (QED) is 0.836. The highest BCUT2D eigenvalue weighted by atomic mass is 35.5. The van der Waals surface area contributed by atoms with Gasteiger partial charge in [-0.2, -0.15) is 0 Å². The van der Waals surface area contributed by atoms with Crippen LogP contribution >= 0.6 is 11.6 Å². The molecule has 1 aliphatic rings. The summed E-state index contributed by atoms with van der Waals surface area (Å²) in [6, 6.07) is 5.84. The second-order valence-electron chi connectivity index (χ2n) is 5.70. The summed E-state index contributed by atoms with van der Waals surface area (Å²) in [5.74, 6) is 0.706. The predicted molar refractivity (Wildman–Crippen MR) is 90.8 cm³/mol. The highest BCUT2D eigenvalue weighted by Crippen LogP contribution is 2.30. The van der Waals surface area contributed by atoms with Crippen molar-refractivity contribution in [2.45, 2.75) is 26.3 Å². The minimum atomic E-state index is 0.0111. The normalized spacial score (nSPS) is 18.4. The molecule has 0 radical (unpaired) electrons. The Hall–Kier alpha value is -0.810. The third kappa shape index (κ3) is 4.35. The fourth-order valence-corrected chi connectivity index (χ4v) is 3.29. The highest BCUT2D eigenvalue weighted by Gasteiger charge is 2.24. The number of ether oxygens (including phenoxy) is 1. The zero-order valence-corrected chi connectivity index (χ0v) is 14.4. The fourth-order valence-electron chi connectivity index (χ4n) is 3.04. The summed E-state index contributed by atoms with van der Waals surface area (Å²) in [5.41, 5.74) is 1.06. The smallest absolute Gasteiger partial charge is 0.137 e. The molecule has 0 bridgehead atoms. The summed E-state index contributed by atoms with van der Waals surface area (Å²) >= 11 is 6.28. The summed E-state index contributed by atoms with van der Waals surface area (Å²) in [6.07, 6.45) is 1.19. The molecule has 1 atom stereocenters. The van der Waals surface area contributed by atoms with E-state index >= 15 is 0 Å². The molecule has 2 rings (SSSR count). The van der Waals surface area contributed by atoms with E-state index in [1.54, 1.807) is 0 Å². The van der Waals surface area contributed by atoms with E-state index in [1.165, 1.54) is 6.42 Å². The van der Waals surface area contributed by atoms with Crippen LogP contribution in [-0.2, 0) is 0 Å². The van der Waals surface area contributed by atoms with Crippen molar-refractivity contribution in [1.29, 1.82) is 0 Å². The summed E-state index contributed by atoms with van der Waals surface area (Å²) in [7, 11) is 0. The molecule has 4 nitrogen and oxygen atoms in total. The average molecular weight is 327 g/mol. The third-order valence-corrected chi connectivity index (χ3v) is 4.50. The number of benzene rings is 1. The van der Waals surface area contributed by atoms with Gasteiger partial charge in [-0.15, -0.1) is 0 Å². The largest absolute Gasteiger partial charge is 0.492 e. The predicted octanol–water partition coefficient (Wildman–Crippen LogP) is 2.80. The van der Waals surface area contributed by atoms with Gasteiger partial charge in [0.2, 0.25) is 0 Å². The van der Waals surface area contributed by atoms with Crippen LogP contribution in [0.25, 0.3) is 0 Å². The number of piperazine rings is 1. The zero-order valence-electron chi connectivity index (χ0n) is 13.6. The molecule has 1 fully saturated rings. The third-order valence-electron chi connectivity index (χ3n) is 4.20. The molecule has 1 aliphatic heterocycles. The average Bonchev–Trinajstić information content (AvgIpc) is 2.53. The van der Waals surface area contributed by atoms with E-state index in [1.807, 2.05) is 25.1 Å². The maximum atomic E-state index is 9.83. The minimum absolute atomic E-state index is 0.0111. The van der Waals surface area contributed by atoms with Gasteiger partial charge in [0.1, 0.15) is 5.75 Å². The summed E-state index contributed by atoms with van der Waals surface area (Å²) in [4.78, 5) is 4.83. The van der Waals surface area contributed by atoms with Crippen LogP contribution in [-0.4, -0.2) is 60.8 Å². The number of hydrogen-bond acceptors (Lipinski definition) is 4. The molecule has 0 amide bonds. The molecule has 0 aromatic heterocycles. The van der Waals surface area contributed by atoms with Gasteiger partial charge in [0.25, 0.3) is 0 Å². The summed E-state index contributed by atoms with van der Waals surface area (Å²) in [6.45, 7) is 10.1. The standard InChI is InChI=1S/C17H27ClN2O2/c1-3-7-19-8-10-20(11-9-19)16(13-21)14-5-6-17(22-4-2)15(18)12-14/h5-6,12,16,21H,3-4,7-11,13H2,1-2H3. The van der Waals surface area contributed by atoms with E-state index in [4.69, 9.17) is 16.3 Å². The first-order valence-electron chi connectivity index (χ1n) is 8.19. The number of nitrogens with zero attached hydrogens (tertiary/aromatic N) is 2. The van der Waals surface area contributed by atoms with Gasteiger partial charge >= 0.3 is 0 Å². The van der Waals surface area contributed by atoms with Crippen molar-refractivity contribution < 1.29 is 9.84 Å². The Balaban J connectivity index is 2.04. The van der Waals surface area contributed by atoms with Crippen LogP contribution in [0.15, 0.2) is 18.2 Å². The molecule has 1 aromatic carbocycles. The van der Waals surface area contributed by atoms with E-state index in [0.717, 1.165) is 38.3 Å².